The lowest BCUT2D eigenvalue weighted by atomic mass is 10.1. The third kappa shape index (κ3) is 9.55. The standard InChI is InChI=1S/C10H19NO2.ClH/c1-9(10(12)13)7-5-6-8-11(2,3)4;/h1,5-8H2,2-4H3;1H/p+1. The number of carboxylic acid groups (broad SMARTS) is 1. The zero-order valence-corrected chi connectivity index (χ0v) is 10.1. The van der Waals surface area contributed by atoms with E-state index in [1.165, 1.54) is 0 Å². The molecule has 0 heterocycles. The molecule has 0 bridgehead atoms. The maximum atomic E-state index is 10.4. The predicted octanol–water partition coefficient (Wildman–Crippen LogP) is 1.93. The number of nitrogens with zero attached hydrogens (tertiary/aromatic N) is 1. The second-order valence-electron chi connectivity index (χ2n) is 4.38. The first-order valence-corrected chi connectivity index (χ1v) is 4.54. The first-order valence-electron chi connectivity index (χ1n) is 4.54. The summed E-state index contributed by atoms with van der Waals surface area (Å²) >= 11 is 0. The number of hydrogen-bond donors (Lipinski definition) is 1. The van der Waals surface area contributed by atoms with Crippen molar-refractivity contribution in [2.45, 2.75) is 19.3 Å². The van der Waals surface area contributed by atoms with Gasteiger partial charge in [0.15, 0.2) is 0 Å². The van der Waals surface area contributed by atoms with Crippen molar-refractivity contribution in [1.29, 1.82) is 0 Å². The van der Waals surface area contributed by atoms with Crippen LogP contribution in [-0.2, 0) is 4.79 Å². The molecule has 0 atom stereocenters. The van der Waals surface area contributed by atoms with Gasteiger partial charge in [-0.2, -0.15) is 0 Å². The van der Waals surface area contributed by atoms with Crippen LogP contribution in [0.4, 0.5) is 0 Å². The van der Waals surface area contributed by atoms with E-state index in [1.54, 1.807) is 0 Å². The number of halogens is 1. The van der Waals surface area contributed by atoms with Crippen molar-refractivity contribution in [2.75, 3.05) is 27.7 Å². The Balaban J connectivity index is 0. The van der Waals surface area contributed by atoms with Gasteiger partial charge in [-0.3, -0.25) is 0 Å². The van der Waals surface area contributed by atoms with Gasteiger partial charge in [0.25, 0.3) is 0 Å². The van der Waals surface area contributed by atoms with Crippen LogP contribution in [0.25, 0.3) is 0 Å². The molecule has 0 aromatic carbocycles. The van der Waals surface area contributed by atoms with Gasteiger partial charge in [0, 0.05) is 5.57 Å². The molecule has 3 nitrogen and oxygen atoms in total. The highest BCUT2D eigenvalue weighted by Gasteiger charge is 2.07. The second kappa shape index (κ2) is 6.85. The first-order chi connectivity index (χ1) is 5.83. The Bertz CT molecular complexity index is 197. The summed E-state index contributed by atoms with van der Waals surface area (Å²) in [5, 5.41) is 8.54. The smallest absolute Gasteiger partial charge is 0.330 e. The predicted molar refractivity (Wildman–Crippen MR) is 60.8 cm³/mol. The van der Waals surface area contributed by atoms with Crippen molar-refractivity contribution in [1.82, 2.24) is 0 Å². The Labute approximate surface area is 92.4 Å². The van der Waals surface area contributed by atoms with Gasteiger partial charge >= 0.3 is 5.97 Å². The van der Waals surface area contributed by atoms with Crippen LogP contribution in [-0.4, -0.2) is 43.2 Å². The fourth-order valence-electron chi connectivity index (χ4n) is 1.03. The normalized spacial score (nSPS) is 10.5. The molecule has 0 amide bonds. The maximum absolute atomic E-state index is 10.4. The van der Waals surface area contributed by atoms with Crippen molar-refractivity contribution in [3.8, 4) is 0 Å². The molecule has 0 fully saturated rings. The summed E-state index contributed by atoms with van der Waals surface area (Å²) in [6.07, 6.45) is 2.58. The van der Waals surface area contributed by atoms with Gasteiger partial charge in [0.05, 0.1) is 27.7 Å². The van der Waals surface area contributed by atoms with Gasteiger partial charge in [-0.1, -0.05) is 6.58 Å². The Morgan fingerprint density at radius 3 is 2.14 bits per heavy atom. The van der Waals surface area contributed by atoms with Crippen LogP contribution in [0.2, 0.25) is 0 Å². The van der Waals surface area contributed by atoms with E-state index in [4.69, 9.17) is 5.11 Å². The quantitative estimate of drug-likeness (QED) is 0.424. The summed E-state index contributed by atoms with van der Waals surface area (Å²) in [5.41, 5.74) is 0.321. The molecule has 0 rings (SSSR count). The van der Waals surface area contributed by atoms with Crippen LogP contribution in [0.3, 0.4) is 0 Å². The number of rotatable bonds is 6. The number of unbranched alkanes of at least 4 members (excludes halogenated alkanes) is 1. The van der Waals surface area contributed by atoms with Crippen LogP contribution in [0, 0.1) is 0 Å². The van der Waals surface area contributed by atoms with Crippen LogP contribution < -0.4 is 0 Å². The van der Waals surface area contributed by atoms with Gasteiger partial charge in [0.2, 0.25) is 0 Å². The molecule has 1 N–H and O–H groups in total. The van der Waals surface area contributed by atoms with Gasteiger partial charge in [0.1, 0.15) is 0 Å². The van der Waals surface area contributed by atoms with Gasteiger partial charge in [-0.15, -0.1) is 12.4 Å². The Kier molecular flexibility index (Phi) is 7.78. The van der Waals surface area contributed by atoms with Gasteiger partial charge in [-0.25, -0.2) is 4.79 Å². The highest BCUT2D eigenvalue weighted by molar-refractivity contribution is 5.85. The highest BCUT2D eigenvalue weighted by Crippen LogP contribution is 2.06. The van der Waals surface area contributed by atoms with Crippen molar-refractivity contribution in [2.24, 2.45) is 0 Å². The van der Waals surface area contributed by atoms with Crippen LogP contribution >= 0.6 is 12.4 Å². The number of carboxylic acids is 1. The van der Waals surface area contributed by atoms with Crippen molar-refractivity contribution in [3.63, 3.8) is 0 Å². The fraction of sp³-hybridized carbons (Fsp3) is 0.700. The van der Waals surface area contributed by atoms with Crippen molar-refractivity contribution in [3.05, 3.63) is 12.2 Å². The number of hydrogen-bond acceptors (Lipinski definition) is 1. The van der Waals surface area contributed by atoms with E-state index in [9.17, 15) is 4.79 Å². The van der Waals surface area contributed by atoms with E-state index in [1.807, 2.05) is 0 Å². The van der Waals surface area contributed by atoms with Crippen molar-refractivity contribution >= 4 is 18.4 Å². The summed E-state index contributed by atoms with van der Waals surface area (Å²) in [6.45, 7) is 4.56. The molecule has 0 aliphatic rings. The first kappa shape index (κ1) is 15.9. The number of carbonyl (C=O) groups is 1. The summed E-state index contributed by atoms with van der Waals surface area (Å²) in [7, 11) is 6.39. The lowest BCUT2D eigenvalue weighted by Crippen LogP contribution is -2.35. The topological polar surface area (TPSA) is 37.3 Å². The zero-order valence-electron chi connectivity index (χ0n) is 9.25. The minimum absolute atomic E-state index is 0. The van der Waals surface area contributed by atoms with Crippen molar-refractivity contribution < 1.29 is 14.4 Å². The Hall–Kier alpha value is -0.540. The molecule has 0 aromatic heterocycles. The zero-order chi connectivity index (χ0) is 10.5. The number of aliphatic carboxylic acids is 1. The molecule has 4 heteroatoms. The summed E-state index contributed by atoms with van der Waals surface area (Å²) in [5.74, 6) is -0.870. The Morgan fingerprint density at radius 2 is 1.79 bits per heavy atom. The van der Waals surface area contributed by atoms with Gasteiger partial charge in [-0.05, 0) is 19.3 Å². The van der Waals surface area contributed by atoms with E-state index < -0.39 is 5.97 Å². The van der Waals surface area contributed by atoms with Crippen LogP contribution in [0.1, 0.15) is 19.3 Å². The minimum atomic E-state index is -0.870. The molecular formula is C10H21ClNO2+. The lowest BCUT2D eigenvalue weighted by Gasteiger charge is -2.23. The van der Waals surface area contributed by atoms with E-state index in [0.717, 1.165) is 23.9 Å². The summed E-state index contributed by atoms with van der Waals surface area (Å²) < 4.78 is 0.930. The van der Waals surface area contributed by atoms with E-state index in [2.05, 4.69) is 27.7 Å². The monoisotopic (exact) mass is 222 g/mol. The third-order valence-corrected chi connectivity index (χ3v) is 1.86. The summed E-state index contributed by atoms with van der Waals surface area (Å²) in [6, 6.07) is 0. The fourth-order valence-corrected chi connectivity index (χ4v) is 1.03. The molecular weight excluding hydrogens is 202 g/mol. The lowest BCUT2D eigenvalue weighted by molar-refractivity contribution is -0.870. The van der Waals surface area contributed by atoms with Crippen LogP contribution in [0.5, 0.6) is 0 Å². The Morgan fingerprint density at radius 1 is 1.29 bits per heavy atom. The highest BCUT2D eigenvalue weighted by atomic mass is 35.5. The molecule has 14 heavy (non-hydrogen) atoms. The number of quaternary nitrogens is 1. The largest absolute Gasteiger partial charge is 0.478 e. The summed E-state index contributed by atoms with van der Waals surface area (Å²) in [4.78, 5) is 10.4. The molecule has 0 aliphatic carbocycles. The van der Waals surface area contributed by atoms with E-state index in [-0.39, 0.29) is 12.4 Å². The molecule has 0 saturated carbocycles. The van der Waals surface area contributed by atoms with E-state index >= 15 is 0 Å². The molecule has 0 aliphatic heterocycles. The van der Waals surface area contributed by atoms with Crippen LogP contribution in [0.15, 0.2) is 12.2 Å². The SMILES string of the molecule is C=C(CCCC[N+](C)(C)C)C(=O)O.Cl. The molecule has 0 spiro atoms. The van der Waals surface area contributed by atoms with Gasteiger partial charge < -0.3 is 9.59 Å². The minimum Gasteiger partial charge on any atom is -0.478 e. The molecule has 0 aromatic rings. The van der Waals surface area contributed by atoms with E-state index in [0.29, 0.717) is 12.0 Å². The molecule has 0 radical (unpaired) electrons. The average Bonchev–Trinajstić information content (AvgIpc) is 1.95. The molecule has 0 saturated heterocycles. The second-order valence-corrected chi connectivity index (χ2v) is 4.38. The average molecular weight is 223 g/mol. The maximum Gasteiger partial charge on any atom is 0.330 e. The third-order valence-electron chi connectivity index (χ3n) is 1.86. The molecule has 84 valence electrons. The molecule has 0 unspecified atom stereocenters.